The van der Waals surface area contributed by atoms with Crippen LogP contribution in [0.15, 0.2) is 56.7 Å². The summed E-state index contributed by atoms with van der Waals surface area (Å²) in [5, 5.41) is 7.31. The lowest BCUT2D eigenvalue weighted by molar-refractivity contribution is 0.460. The highest BCUT2D eigenvalue weighted by Gasteiger charge is 2.11. The molecule has 0 unspecified atom stereocenters. The van der Waals surface area contributed by atoms with Gasteiger partial charge in [-0.3, -0.25) is 4.99 Å². The fourth-order valence-electron chi connectivity index (χ4n) is 2.00. The van der Waals surface area contributed by atoms with E-state index in [2.05, 4.69) is 15.2 Å². The fraction of sp³-hybridized carbons (Fsp3) is 0. The molecule has 0 radical (unpaired) electrons. The molecule has 0 aliphatic rings. The number of rotatable bonds is 3. The van der Waals surface area contributed by atoms with Crippen LogP contribution in [0, 0.1) is 4.84 Å². The van der Waals surface area contributed by atoms with E-state index in [4.69, 9.17) is 39.8 Å². The van der Waals surface area contributed by atoms with E-state index in [1.807, 2.05) is 0 Å². The van der Waals surface area contributed by atoms with Crippen LogP contribution in [-0.2, 0) is 0 Å². The molecule has 0 spiro atoms. The molecule has 3 aromatic rings. The first-order chi connectivity index (χ1) is 11.5. The zero-order valence-electron chi connectivity index (χ0n) is 12.0. The lowest BCUT2D eigenvalue weighted by Gasteiger charge is -2.03. The molecule has 2 aromatic carbocycles. The summed E-state index contributed by atoms with van der Waals surface area (Å²) >= 11 is 16.6. The minimum absolute atomic E-state index is 0.0828. The lowest BCUT2D eigenvalue weighted by Crippen LogP contribution is -2.07. The topological polar surface area (TPSA) is 71.2 Å². The van der Waals surface area contributed by atoms with Gasteiger partial charge in [0.1, 0.15) is 0 Å². The molecule has 0 atom stereocenters. The molecule has 0 aliphatic heterocycles. The van der Waals surface area contributed by atoms with Gasteiger partial charge in [0.25, 0.3) is 4.84 Å². The van der Waals surface area contributed by atoms with Gasteiger partial charge in [-0.05, 0) is 36.0 Å². The van der Waals surface area contributed by atoms with Crippen LogP contribution >= 0.6 is 35.4 Å². The van der Waals surface area contributed by atoms with E-state index in [0.717, 1.165) is 5.56 Å². The van der Waals surface area contributed by atoms with Crippen LogP contribution in [0.25, 0.3) is 11.3 Å². The third-order valence-corrected chi connectivity index (χ3v) is 4.01. The maximum absolute atomic E-state index is 11.9. The van der Waals surface area contributed by atoms with Crippen LogP contribution < -0.4 is 5.63 Å². The van der Waals surface area contributed by atoms with Crippen molar-refractivity contribution in [3.05, 3.63) is 73.3 Å². The maximum atomic E-state index is 11.9. The zero-order chi connectivity index (χ0) is 17.1. The number of aliphatic imine (C=N–C) groups is 1. The Bertz CT molecular complexity index is 1040. The van der Waals surface area contributed by atoms with Gasteiger partial charge >= 0.3 is 5.63 Å². The summed E-state index contributed by atoms with van der Waals surface area (Å²) in [7, 11) is 0. The van der Waals surface area contributed by atoms with Crippen LogP contribution in [0.2, 0.25) is 10.0 Å². The first-order valence-electron chi connectivity index (χ1n) is 6.73. The lowest BCUT2D eigenvalue weighted by atomic mass is 10.1. The van der Waals surface area contributed by atoms with Gasteiger partial charge in [0.05, 0.1) is 15.7 Å². The Kier molecular flexibility index (Phi) is 4.89. The molecule has 1 aromatic heterocycles. The number of hydrogen-bond donors (Lipinski definition) is 1. The summed E-state index contributed by atoms with van der Waals surface area (Å²) in [6.45, 7) is 0. The molecule has 0 bridgehead atoms. The minimum Gasteiger partial charge on any atom is -0.393 e. The quantitative estimate of drug-likeness (QED) is 0.524. The largest absolute Gasteiger partial charge is 0.393 e. The van der Waals surface area contributed by atoms with Crippen molar-refractivity contribution in [2.75, 3.05) is 0 Å². The number of aromatic amines is 1. The molecule has 0 fully saturated rings. The summed E-state index contributed by atoms with van der Waals surface area (Å²) in [6.07, 6.45) is 1.62. The second-order valence-corrected chi connectivity index (χ2v) is 5.88. The number of aromatic nitrogens is 2. The monoisotopic (exact) mass is 377 g/mol. The third-order valence-electron chi connectivity index (χ3n) is 3.09. The highest BCUT2D eigenvalue weighted by molar-refractivity contribution is 7.71. The van der Waals surface area contributed by atoms with Crippen LogP contribution in [0.4, 0.5) is 5.69 Å². The van der Waals surface area contributed by atoms with Gasteiger partial charge in [0.2, 0.25) is 0 Å². The van der Waals surface area contributed by atoms with Crippen LogP contribution in [0.5, 0.6) is 0 Å². The molecular formula is C16H9Cl2N3O2S. The summed E-state index contributed by atoms with van der Waals surface area (Å²) in [6, 6.07) is 12.2. The van der Waals surface area contributed by atoms with E-state index in [1.54, 1.807) is 48.7 Å². The van der Waals surface area contributed by atoms with Crippen molar-refractivity contribution in [3.8, 4) is 11.3 Å². The van der Waals surface area contributed by atoms with E-state index >= 15 is 0 Å². The summed E-state index contributed by atoms with van der Waals surface area (Å²) in [5.41, 5.74) is 1.32. The Labute approximate surface area is 151 Å². The Morgan fingerprint density at radius 2 is 1.96 bits per heavy atom. The highest BCUT2D eigenvalue weighted by atomic mass is 35.5. The summed E-state index contributed by atoms with van der Waals surface area (Å²) in [5.74, 6) is 0. The molecule has 0 saturated heterocycles. The Hall–Kier alpha value is -2.28. The normalized spacial score (nSPS) is 11.1. The van der Waals surface area contributed by atoms with Crippen molar-refractivity contribution in [1.82, 2.24) is 10.2 Å². The van der Waals surface area contributed by atoms with Gasteiger partial charge in [-0.2, -0.15) is 5.10 Å². The predicted octanol–water partition coefficient (Wildman–Crippen LogP) is 4.82. The predicted molar refractivity (Wildman–Crippen MR) is 97.1 cm³/mol. The molecule has 24 heavy (non-hydrogen) atoms. The molecule has 0 aliphatic carbocycles. The first kappa shape index (κ1) is 16.6. The maximum Gasteiger partial charge on any atom is 0.366 e. The van der Waals surface area contributed by atoms with Gasteiger partial charge in [-0.1, -0.05) is 47.5 Å². The standard InChI is InChI=1S/C16H9Cl2N3O2S/c17-11-6-5-9(7-12(11)18)8-19-13-4-2-1-3-10(13)14-15(22)23-16(24)21-20-14/h1-8H,(H,21,24). The number of nitrogens with one attached hydrogen (secondary N) is 1. The SMILES string of the molecule is O=c1oc(=S)[nH]nc1-c1ccccc1N=Cc1ccc(Cl)c(Cl)c1. The number of H-pyrrole nitrogens is 1. The fourth-order valence-corrected chi connectivity index (χ4v) is 2.42. The van der Waals surface area contributed by atoms with E-state index in [9.17, 15) is 4.79 Å². The van der Waals surface area contributed by atoms with Gasteiger partial charge in [0.15, 0.2) is 5.69 Å². The van der Waals surface area contributed by atoms with Crippen molar-refractivity contribution in [3.63, 3.8) is 0 Å². The van der Waals surface area contributed by atoms with Crippen molar-refractivity contribution in [2.24, 2.45) is 4.99 Å². The number of nitrogens with zero attached hydrogens (tertiary/aromatic N) is 2. The molecule has 8 heteroatoms. The second-order valence-electron chi connectivity index (χ2n) is 4.70. The Morgan fingerprint density at radius 3 is 2.71 bits per heavy atom. The minimum atomic E-state index is -0.629. The van der Waals surface area contributed by atoms with Crippen molar-refractivity contribution in [2.45, 2.75) is 0 Å². The highest BCUT2D eigenvalue weighted by Crippen LogP contribution is 2.27. The van der Waals surface area contributed by atoms with Gasteiger partial charge < -0.3 is 4.42 Å². The van der Waals surface area contributed by atoms with E-state index in [-0.39, 0.29) is 10.5 Å². The van der Waals surface area contributed by atoms with Crippen LogP contribution in [0.1, 0.15) is 5.56 Å². The number of hydrogen-bond acceptors (Lipinski definition) is 5. The molecule has 120 valence electrons. The van der Waals surface area contributed by atoms with E-state index in [0.29, 0.717) is 21.3 Å². The molecular weight excluding hydrogens is 369 g/mol. The summed E-state index contributed by atoms with van der Waals surface area (Å²) in [4.78, 5) is 16.3. The second kappa shape index (κ2) is 7.09. The third kappa shape index (κ3) is 3.62. The number of halogens is 2. The molecule has 3 rings (SSSR count). The Morgan fingerprint density at radius 1 is 1.17 bits per heavy atom. The van der Waals surface area contributed by atoms with Gasteiger partial charge in [-0.15, -0.1) is 0 Å². The van der Waals surface area contributed by atoms with E-state index in [1.165, 1.54) is 0 Å². The van der Waals surface area contributed by atoms with Crippen molar-refractivity contribution in [1.29, 1.82) is 0 Å². The van der Waals surface area contributed by atoms with Crippen LogP contribution in [-0.4, -0.2) is 16.4 Å². The molecule has 1 N–H and O–H groups in total. The molecule has 0 saturated carbocycles. The number of para-hydroxylation sites is 1. The average molecular weight is 378 g/mol. The summed E-state index contributed by atoms with van der Waals surface area (Å²) < 4.78 is 4.87. The zero-order valence-corrected chi connectivity index (χ0v) is 14.3. The van der Waals surface area contributed by atoms with Crippen LogP contribution in [0.3, 0.4) is 0 Å². The van der Waals surface area contributed by atoms with Gasteiger partial charge in [-0.25, -0.2) is 9.89 Å². The number of benzene rings is 2. The molecule has 1 heterocycles. The van der Waals surface area contributed by atoms with E-state index < -0.39 is 5.63 Å². The van der Waals surface area contributed by atoms with Crippen molar-refractivity contribution < 1.29 is 4.42 Å². The smallest absolute Gasteiger partial charge is 0.366 e. The van der Waals surface area contributed by atoms with Crippen molar-refractivity contribution >= 4 is 47.3 Å². The average Bonchev–Trinajstić information content (AvgIpc) is 2.56. The van der Waals surface area contributed by atoms with Gasteiger partial charge in [0, 0.05) is 11.8 Å². The molecule has 0 amide bonds. The first-order valence-corrected chi connectivity index (χ1v) is 7.89. The molecule has 5 nitrogen and oxygen atoms in total. The Balaban J connectivity index is 2.03.